The number of benzene rings is 1. The molecule has 0 amide bonds. The summed E-state index contributed by atoms with van der Waals surface area (Å²) in [5, 5.41) is 0. The fourth-order valence-electron chi connectivity index (χ4n) is 2.53. The van der Waals surface area contributed by atoms with Gasteiger partial charge in [-0.15, -0.1) is 12.4 Å². The quantitative estimate of drug-likeness (QED) is 0.924. The Kier molecular flexibility index (Phi) is 6.31. The highest BCUT2D eigenvalue weighted by molar-refractivity contribution is 5.85. The SMILES string of the molecule is COc1ccc([C@@H](N)C2CCOCC2)c(C(F)(F)F)c1.Cl. The van der Waals surface area contributed by atoms with Crippen LogP contribution in [0.25, 0.3) is 0 Å². The number of hydrogen-bond acceptors (Lipinski definition) is 3. The van der Waals surface area contributed by atoms with Crippen LogP contribution in [0.2, 0.25) is 0 Å². The van der Waals surface area contributed by atoms with Gasteiger partial charge in [-0.3, -0.25) is 0 Å². The maximum absolute atomic E-state index is 13.2. The van der Waals surface area contributed by atoms with Gasteiger partial charge in [-0.1, -0.05) is 6.07 Å². The predicted molar refractivity (Wildman–Crippen MR) is 75.7 cm³/mol. The molecule has 3 nitrogen and oxygen atoms in total. The first-order valence-electron chi connectivity index (χ1n) is 6.52. The first kappa shape index (κ1) is 18.1. The van der Waals surface area contributed by atoms with Gasteiger partial charge in [0.1, 0.15) is 5.75 Å². The number of hydrogen-bond donors (Lipinski definition) is 1. The normalized spacial score (nSPS) is 18.0. The van der Waals surface area contributed by atoms with Crippen molar-refractivity contribution in [2.24, 2.45) is 11.7 Å². The Morgan fingerprint density at radius 2 is 1.90 bits per heavy atom. The number of alkyl halides is 3. The van der Waals surface area contributed by atoms with Crippen LogP contribution in [0, 0.1) is 5.92 Å². The van der Waals surface area contributed by atoms with E-state index >= 15 is 0 Å². The van der Waals surface area contributed by atoms with Gasteiger partial charge < -0.3 is 15.2 Å². The summed E-state index contributed by atoms with van der Waals surface area (Å²) in [6, 6.07) is 3.31. The van der Waals surface area contributed by atoms with Crippen LogP contribution in [0.3, 0.4) is 0 Å². The van der Waals surface area contributed by atoms with Crippen LogP contribution in [0.15, 0.2) is 18.2 Å². The molecular formula is C14H19ClF3NO2. The van der Waals surface area contributed by atoms with Crippen molar-refractivity contribution in [1.29, 1.82) is 0 Å². The maximum Gasteiger partial charge on any atom is 0.416 e. The molecule has 1 heterocycles. The van der Waals surface area contributed by atoms with E-state index in [9.17, 15) is 13.2 Å². The van der Waals surface area contributed by atoms with Crippen molar-refractivity contribution in [3.05, 3.63) is 29.3 Å². The van der Waals surface area contributed by atoms with Gasteiger partial charge in [0.05, 0.1) is 12.7 Å². The molecule has 2 N–H and O–H groups in total. The predicted octanol–water partition coefficient (Wildman–Crippen LogP) is 3.56. The summed E-state index contributed by atoms with van der Waals surface area (Å²) in [6.45, 7) is 1.10. The van der Waals surface area contributed by atoms with Crippen molar-refractivity contribution < 1.29 is 22.6 Å². The van der Waals surface area contributed by atoms with E-state index in [1.54, 1.807) is 0 Å². The zero-order valence-corrected chi connectivity index (χ0v) is 12.5. The summed E-state index contributed by atoms with van der Waals surface area (Å²) in [4.78, 5) is 0. The van der Waals surface area contributed by atoms with Gasteiger partial charge in [0.15, 0.2) is 0 Å². The Morgan fingerprint density at radius 1 is 1.29 bits per heavy atom. The van der Waals surface area contributed by atoms with E-state index < -0.39 is 17.8 Å². The van der Waals surface area contributed by atoms with E-state index in [0.29, 0.717) is 26.1 Å². The summed E-state index contributed by atoms with van der Waals surface area (Å²) in [6.07, 6.45) is -3.07. The van der Waals surface area contributed by atoms with Gasteiger partial charge in [-0.2, -0.15) is 13.2 Å². The number of nitrogens with two attached hydrogens (primary N) is 1. The summed E-state index contributed by atoms with van der Waals surface area (Å²) >= 11 is 0. The summed E-state index contributed by atoms with van der Waals surface area (Å²) in [5.74, 6) is 0.193. The first-order chi connectivity index (χ1) is 9.43. The molecule has 1 aromatic rings. The fraction of sp³-hybridized carbons (Fsp3) is 0.571. The molecule has 1 aliphatic heterocycles. The Bertz CT molecular complexity index is 462. The summed E-state index contributed by atoms with van der Waals surface area (Å²) < 4.78 is 49.6. The van der Waals surface area contributed by atoms with Crippen LogP contribution in [-0.2, 0) is 10.9 Å². The van der Waals surface area contributed by atoms with Crippen LogP contribution in [-0.4, -0.2) is 20.3 Å². The molecular weight excluding hydrogens is 307 g/mol. The molecule has 0 unspecified atom stereocenters. The third kappa shape index (κ3) is 4.25. The van der Waals surface area contributed by atoms with E-state index in [1.807, 2.05) is 0 Å². The van der Waals surface area contributed by atoms with Gasteiger partial charge in [0.25, 0.3) is 0 Å². The highest BCUT2D eigenvalue weighted by Gasteiger charge is 2.36. The highest BCUT2D eigenvalue weighted by Crippen LogP contribution is 2.39. The molecule has 1 saturated heterocycles. The molecule has 0 spiro atoms. The standard InChI is InChI=1S/C14H18F3NO2.ClH/c1-19-10-2-3-11(12(8-10)14(15,16)17)13(18)9-4-6-20-7-5-9;/h2-3,8-9,13H,4-7,18H2,1H3;1H/t13-;/m0./s1. The van der Waals surface area contributed by atoms with Crippen LogP contribution < -0.4 is 10.5 Å². The molecule has 0 saturated carbocycles. The molecule has 0 aromatic heterocycles. The van der Waals surface area contributed by atoms with Crippen LogP contribution >= 0.6 is 12.4 Å². The second kappa shape index (κ2) is 7.33. The van der Waals surface area contributed by atoms with Crippen molar-refractivity contribution in [2.45, 2.75) is 25.1 Å². The zero-order chi connectivity index (χ0) is 14.8. The number of rotatable bonds is 3. The lowest BCUT2D eigenvalue weighted by Crippen LogP contribution is -2.29. The molecule has 0 aliphatic carbocycles. The van der Waals surface area contributed by atoms with E-state index in [-0.39, 0.29) is 29.6 Å². The smallest absolute Gasteiger partial charge is 0.416 e. The van der Waals surface area contributed by atoms with Gasteiger partial charge >= 0.3 is 6.18 Å². The van der Waals surface area contributed by atoms with Crippen molar-refractivity contribution >= 4 is 12.4 Å². The van der Waals surface area contributed by atoms with Gasteiger partial charge in [0, 0.05) is 19.3 Å². The molecule has 7 heteroatoms. The summed E-state index contributed by atoms with van der Waals surface area (Å²) in [7, 11) is 1.34. The summed E-state index contributed by atoms with van der Waals surface area (Å²) in [5.41, 5.74) is 5.48. The molecule has 21 heavy (non-hydrogen) atoms. The third-order valence-corrected chi connectivity index (χ3v) is 3.70. The van der Waals surface area contributed by atoms with Crippen LogP contribution in [0.4, 0.5) is 13.2 Å². The van der Waals surface area contributed by atoms with Gasteiger partial charge in [-0.05, 0) is 36.5 Å². The van der Waals surface area contributed by atoms with Gasteiger partial charge in [0.2, 0.25) is 0 Å². The molecule has 0 radical (unpaired) electrons. The molecule has 120 valence electrons. The lowest BCUT2D eigenvalue weighted by atomic mass is 9.85. The van der Waals surface area contributed by atoms with Crippen molar-refractivity contribution in [2.75, 3.05) is 20.3 Å². The van der Waals surface area contributed by atoms with Crippen LogP contribution in [0.1, 0.15) is 30.0 Å². The second-order valence-electron chi connectivity index (χ2n) is 4.93. The Balaban J connectivity index is 0.00000220. The molecule has 1 fully saturated rings. The average Bonchev–Trinajstić information content (AvgIpc) is 2.46. The van der Waals surface area contributed by atoms with E-state index in [0.717, 1.165) is 6.07 Å². The molecule has 2 rings (SSSR count). The highest BCUT2D eigenvalue weighted by atomic mass is 35.5. The minimum absolute atomic E-state index is 0. The molecule has 1 atom stereocenters. The second-order valence-corrected chi connectivity index (χ2v) is 4.93. The van der Waals surface area contributed by atoms with Crippen molar-refractivity contribution in [3.63, 3.8) is 0 Å². The number of halogens is 4. The third-order valence-electron chi connectivity index (χ3n) is 3.70. The largest absolute Gasteiger partial charge is 0.497 e. The van der Waals surface area contributed by atoms with Crippen molar-refractivity contribution in [3.8, 4) is 5.75 Å². The zero-order valence-electron chi connectivity index (χ0n) is 11.7. The van der Waals surface area contributed by atoms with E-state index in [2.05, 4.69) is 0 Å². The molecule has 1 aliphatic rings. The maximum atomic E-state index is 13.2. The molecule has 1 aromatic carbocycles. The molecule has 0 bridgehead atoms. The number of ether oxygens (including phenoxy) is 2. The lowest BCUT2D eigenvalue weighted by Gasteiger charge is -2.29. The van der Waals surface area contributed by atoms with Crippen molar-refractivity contribution in [1.82, 2.24) is 0 Å². The lowest BCUT2D eigenvalue weighted by molar-refractivity contribution is -0.138. The van der Waals surface area contributed by atoms with Crippen LogP contribution in [0.5, 0.6) is 5.75 Å². The first-order valence-corrected chi connectivity index (χ1v) is 6.52. The van der Waals surface area contributed by atoms with Gasteiger partial charge in [-0.25, -0.2) is 0 Å². The van der Waals surface area contributed by atoms with E-state index in [1.165, 1.54) is 19.2 Å². The fourth-order valence-corrected chi connectivity index (χ4v) is 2.53. The Morgan fingerprint density at radius 3 is 2.43 bits per heavy atom. The minimum Gasteiger partial charge on any atom is -0.497 e. The monoisotopic (exact) mass is 325 g/mol. The Labute approximate surface area is 128 Å². The Hall–Kier alpha value is -0.980. The minimum atomic E-state index is -4.44. The van der Waals surface area contributed by atoms with E-state index in [4.69, 9.17) is 15.2 Å². The topological polar surface area (TPSA) is 44.5 Å². The number of methoxy groups -OCH3 is 1. The average molecular weight is 326 g/mol.